The van der Waals surface area contributed by atoms with Gasteiger partial charge in [-0.25, -0.2) is 0 Å². The van der Waals surface area contributed by atoms with Gasteiger partial charge >= 0.3 is 0 Å². The Morgan fingerprint density at radius 1 is 0.885 bits per heavy atom. The molecule has 26 heavy (non-hydrogen) atoms. The minimum atomic E-state index is -0.160. The van der Waals surface area contributed by atoms with E-state index in [0.717, 1.165) is 32.2 Å². The van der Waals surface area contributed by atoms with Gasteiger partial charge in [-0.3, -0.25) is 9.48 Å². The summed E-state index contributed by atoms with van der Waals surface area (Å²) >= 11 is 0. The van der Waals surface area contributed by atoms with Crippen LogP contribution in [-0.2, 0) is 19.4 Å². The highest BCUT2D eigenvalue weighted by molar-refractivity contribution is 5.91. The van der Waals surface area contributed by atoms with E-state index in [-0.39, 0.29) is 5.91 Å². The number of nitrogens with one attached hydrogen (secondary N) is 1. The van der Waals surface area contributed by atoms with Crippen LogP contribution in [0.2, 0.25) is 0 Å². The fourth-order valence-electron chi connectivity index (χ4n) is 2.83. The molecule has 0 bridgehead atoms. The van der Waals surface area contributed by atoms with Crippen LogP contribution in [0.4, 0.5) is 0 Å². The summed E-state index contributed by atoms with van der Waals surface area (Å²) in [7, 11) is 0. The molecule has 1 N–H and O–H groups in total. The van der Waals surface area contributed by atoms with Crippen molar-refractivity contribution in [3.05, 3.63) is 83.7 Å². The molecule has 0 saturated heterocycles. The van der Waals surface area contributed by atoms with E-state index in [1.54, 1.807) is 10.9 Å². The normalized spacial score (nSPS) is 10.6. The molecule has 2 aromatic carbocycles. The Morgan fingerprint density at radius 2 is 1.50 bits per heavy atom. The molecule has 0 saturated carbocycles. The third kappa shape index (κ3) is 5.55. The molecule has 0 atom stereocenters. The Labute approximate surface area is 154 Å². The second kappa shape index (κ2) is 9.51. The fourth-order valence-corrected chi connectivity index (χ4v) is 2.83. The maximum atomic E-state index is 12.1. The zero-order chi connectivity index (χ0) is 18.0. The van der Waals surface area contributed by atoms with Crippen molar-refractivity contribution >= 4 is 5.91 Å². The highest BCUT2D eigenvalue weighted by Crippen LogP contribution is 2.04. The molecule has 0 radical (unpaired) electrons. The second-order valence-electron chi connectivity index (χ2n) is 6.30. The van der Waals surface area contributed by atoms with Crippen molar-refractivity contribution in [2.45, 2.75) is 32.2 Å². The van der Waals surface area contributed by atoms with Crippen molar-refractivity contribution in [3.63, 3.8) is 0 Å². The van der Waals surface area contributed by atoms with Gasteiger partial charge in [-0.2, -0.15) is 0 Å². The summed E-state index contributed by atoms with van der Waals surface area (Å²) in [5.74, 6) is -0.160. The van der Waals surface area contributed by atoms with Crippen molar-refractivity contribution in [3.8, 4) is 0 Å². The van der Waals surface area contributed by atoms with Gasteiger partial charge in [-0.05, 0) is 36.8 Å². The number of aryl methyl sites for hydroxylation is 3. The Morgan fingerprint density at radius 3 is 2.15 bits per heavy atom. The van der Waals surface area contributed by atoms with Crippen LogP contribution in [-0.4, -0.2) is 27.4 Å². The van der Waals surface area contributed by atoms with Gasteiger partial charge in [-0.1, -0.05) is 65.9 Å². The highest BCUT2D eigenvalue weighted by atomic mass is 16.2. The van der Waals surface area contributed by atoms with Crippen molar-refractivity contribution in [2.75, 3.05) is 6.54 Å². The largest absolute Gasteiger partial charge is 0.351 e. The summed E-state index contributed by atoms with van der Waals surface area (Å²) in [5.41, 5.74) is 2.97. The van der Waals surface area contributed by atoms with Crippen LogP contribution >= 0.6 is 0 Å². The first-order chi connectivity index (χ1) is 12.8. The summed E-state index contributed by atoms with van der Waals surface area (Å²) in [6.07, 6.45) is 5.53. The van der Waals surface area contributed by atoms with Gasteiger partial charge in [0.15, 0.2) is 5.69 Å². The third-order valence-corrected chi connectivity index (χ3v) is 4.24. The maximum absolute atomic E-state index is 12.1. The zero-order valence-corrected chi connectivity index (χ0v) is 14.8. The summed E-state index contributed by atoms with van der Waals surface area (Å²) in [5, 5.41) is 10.9. The molecule has 5 heteroatoms. The SMILES string of the molecule is O=C(NCCCc1ccccc1)c1cn(CCCc2ccccc2)nn1. The number of hydrogen-bond acceptors (Lipinski definition) is 3. The lowest BCUT2D eigenvalue weighted by atomic mass is 10.1. The van der Waals surface area contributed by atoms with E-state index < -0.39 is 0 Å². The van der Waals surface area contributed by atoms with E-state index in [9.17, 15) is 4.79 Å². The van der Waals surface area contributed by atoms with Crippen LogP contribution in [0.3, 0.4) is 0 Å². The smallest absolute Gasteiger partial charge is 0.273 e. The Hall–Kier alpha value is -2.95. The van der Waals surface area contributed by atoms with Crippen LogP contribution < -0.4 is 5.32 Å². The lowest BCUT2D eigenvalue weighted by Crippen LogP contribution is -2.25. The average molecular weight is 348 g/mol. The molecule has 5 nitrogen and oxygen atoms in total. The van der Waals surface area contributed by atoms with Crippen LogP contribution in [0.5, 0.6) is 0 Å². The lowest BCUT2D eigenvalue weighted by Gasteiger charge is -2.03. The van der Waals surface area contributed by atoms with E-state index in [4.69, 9.17) is 0 Å². The van der Waals surface area contributed by atoms with Gasteiger partial charge in [0.1, 0.15) is 0 Å². The standard InChI is InChI=1S/C21H24N4O/c26-21(22-15-7-13-18-9-3-1-4-10-18)20-17-25(24-23-20)16-8-14-19-11-5-2-6-12-19/h1-6,9-12,17H,7-8,13-16H2,(H,22,26). The Balaban J connectivity index is 1.37. The van der Waals surface area contributed by atoms with Crippen LogP contribution in [0.25, 0.3) is 0 Å². The van der Waals surface area contributed by atoms with Gasteiger partial charge in [0.25, 0.3) is 5.91 Å². The molecular weight excluding hydrogens is 324 g/mol. The topological polar surface area (TPSA) is 59.8 Å². The average Bonchev–Trinajstić information content (AvgIpc) is 3.16. The molecule has 1 amide bonds. The minimum Gasteiger partial charge on any atom is -0.351 e. The number of nitrogens with zero attached hydrogens (tertiary/aromatic N) is 3. The van der Waals surface area contributed by atoms with E-state index >= 15 is 0 Å². The van der Waals surface area contributed by atoms with Gasteiger partial charge < -0.3 is 5.32 Å². The van der Waals surface area contributed by atoms with Gasteiger partial charge in [0.2, 0.25) is 0 Å². The van der Waals surface area contributed by atoms with Crippen molar-refractivity contribution in [2.24, 2.45) is 0 Å². The van der Waals surface area contributed by atoms with Gasteiger partial charge in [-0.15, -0.1) is 5.10 Å². The molecule has 1 aromatic heterocycles. The molecule has 0 aliphatic rings. The van der Waals surface area contributed by atoms with Crippen LogP contribution in [0.15, 0.2) is 66.9 Å². The number of rotatable bonds is 9. The monoisotopic (exact) mass is 348 g/mol. The molecule has 0 spiro atoms. The molecule has 0 fully saturated rings. The number of carbonyl (C=O) groups excluding carboxylic acids is 1. The first-order valence-electron chi connectivity index (χ1n) is 9.07. The third-order valence-electron chi connectivity index (χ3n) is 4.24. The zero-order valence-electron chi connectivity index (χ0n) is 14.8. The van der Waals surface area contributed by atoms with Crippen molar-refractivity contribution in [1.82, 2.24) is 20.3 Å². The second-order valence-corrected chi connectivity index (χ2v) is 6.30. The number of amides is 1. The predicted octanol–water partition coefficient (Wildman–Crippen LogP) is 3.27. The Bertz CT molecular complexity index is 799. The molecule has 3 rings (SSSR count). The van der Waals surface area contributed by atoms with Crippen molar-refractivity contribution in [1.29, 1.82) is 0 Å². The lowest BCUT2D eigenvalue weighted by molar-refractivity contribution is 0.0948. The number of benzene rings is 2. The molecule has 0 aliphatic carbocycles. The highest BCUT2D eigenvalue weighted by Gasteiger charge is 2.10. The maximum Gasteiger partial charge on any atom is 0.273 e. The molecule has 3 aromatic rings. The molecule has 0 aliphatic heterocycles. The molecule has 134 valence electrons. The van der Waals surface area contributed by atoms with E-state index in [0.29, 0.717) is 12.2 Å². The van der Waals surface area contributed by atoms with E-state index in [1.807, 2.05) is 36.4 Å². The summed E-state index contributed by atoms with van der Waals surface area (Å²) in [6, 6.07) is 20.6. The first kappa shape index (κ1) is 17.9. The number of hydrogen-bond donors (Lipinski definition) is 1. The van der Waals surface area contributed by atoms with Gasteiger partial charge in [0.05, 0.1) is 6.20 Å². The summed E-state index contributed by atoms with van der Waals surface area (Å²) in [6.45, 7) is 1.39. The number of carbonyl (C=O) groups is 1. The van der Waals surface area contributed by atoms with Gasteiger partial charge in [0, 0.05) is 13.1 Å². The minimum absolute atomic E-state index is 0.160. The molecular formula is C21H24N4O. The number of aromatic nitrogens is 3. The van der Waals surface area contributed by atoms with E-state index in [2.05, 4.69) is 39.9 Å². The molecule has 0 unspecified atom stereocenters. The summed E-state index contributed by atoms with van der Waals surface area (Å²) < 4.78 is 1.74. The van der Waals surface area contributed by atoms with Crippen LogP contribution in [0, 0.1) is 0 Å². The molecule has 1 heterocycles. The van der Waals surface area contributed by atoms with E-state index in [1.165, 1.54) is 11.1 Å². The van der Waals surface area contributed by atoms with Crippen molar-refractivity contribution < 1.29 is 4.79 Å². The predicted molar refractivity (Wildman–Crippen MR) is 102 cm³/mol. The fraction of sp³-hybridized carbons (Fsp3) is 0.286. The van der Waals surface area contributed by atoms with Crippen LogP contribution in [0.1, 0.15) is 34.5 Å². The summed E-state index contributed by atoms with van der Waals surface area (Å²) in [4.78, 5) is 12.1. The Kier molecular flexibility index (Phi) is 6.53. The first-order valence-corrected chi connectivity index (χ1v) is 9.07. The quantitative estimate of drug-likeness (QED) is 0.604.